The van der Waals surface area contributed by atoms with Gasteiger partial charge >= 0.3 is 0 Å². The van der Waals surface area contributed by atoms with E-state index in [2.05, 4.69) is 6.92 Å². The first-order valence-electron chi connectivity index (χ1n) is 7.35. The zero-order valence-corrected chi connectivity index (χ0v) is 11.9. The molecule has 0 spiro atoms. The van der Waals surface area contributed by atoms with Crippen LogP contribution >= 0.6 is 0 Å². The van der Waals surface area contributed by atoms with Crippen LogP contribution in [0, 0.1) is 5.82 Å². The maximum Gasteiger partial charge on any atom is 0.123 e. The van der Waals surface area contributed by atoms with E-state index in [4.69, 9.17) is 10.5 Å². The molecule has 1 atom stereocenters. The van der Waals surface area contributed by atoms with Crippen molar-refractivity contribution >= 4 is 0 Å². The van der Waals surface area contributed by atoms with E-state index < -0.39 is 0 Å². The number of benzene rings is 1. The van der Waals surface area contributed by atoms with Crippen molar-refractivity contribution in [2.24, 2.45) is 5.73 Å². The first-order valence-corrected chi connectivity index (χ1v) is 7.35. The third kappa shape index (κ3) is 6.69. The lowest BCUT2D eigenvalue weighted by Gasteiger charge is -2.16. The second kappa shape index (κ2) is 9.93. The molecule has 0 aromatic heterocycles. The third-order valence-electron chi connectivity index (χ3n) is 3.27. The van der Waals surface area contributed by atoms with Crippen molar-refractivity contribution in [3.63, 3.8) is 0 Å². The lowest BCUT2D eigenvalue weighted by Crippen LogP contribution is -2.16. The molecule has 0 saturated heterocycles. The highest BCUT2D eigenvalue weighted by molar-refractivity contribution is 5.18. The Balaban J connectivity index is 2.20. The molecular weight excluding hydrogens is 241 g/mol. The number of hydrogen-bond donors (Lipinski definition) is 1. The molecule has 0 aliphatic heterocycles. The summed E-state index contributed by atoms with van der Waals surface area (Å²) in [6.07, 6.45) is 7.35. The van der Waals surface area contributed by atoms with E-state index in [1.54, 1.807) is 12.1 Å². The smallest absolute Gasteiger partial charge is 0.123 e. The Morgan fingerprint density at radius 3 is 2.32 bits per heavy atom. The lowest BCUT2D eigenvalue weighted by atomic mass is 10.1. The van der Waals surface area contributed by atoms with Crippen LogP contribution in [0.5, 0.6) is 0 Å². The van der Waals surface area contributed by atoms with Crippen LogP contribution in [0.15, 0.2) is 24.3 Å². The largest absolute Gasteiger partial charge is 0.372 e. The minimum atomic E-state index is -0.226. The van der Waals surface area contributed by atoms with Gasteiger partial charge in [0.1, 0.15) is 5.82 Å². The van der Waals surface area contributed by atoms with Crippen LogP contribution in [0.3, 0.4) is 0 Å². The Morgan fingerprint density at radius 2 is 1.68 bits per heavy atom. The van der Waals surface area contributed by atoms with Crippen molar-refractivity contribution in [1.29, 1.82) is 0 Å². The van der Waals surface area contributed by atoms with Gasteiger partial charge in [0.15, 0.2) is 0 Å². The Morgan fingerprint density at radius 1 is 1.05 bits per heavy atom. The molecule has 0 radical (unpaired) electrons. The summed E-state index contributed by atoms with van der Waals surface area (Å²) in [5.41, 5.74) is 6.66. The summed E-state index contributed by atoms with van der Waals surface area (Å²) < 4.78 is 18.6. The van der Waals surface area contributed by atoms with Crippen LogP contribution in [0.4, 0.5) is 4.39 Å². The Labute approximate surface area is 116 Å². The molecule has 3 heteroatoms. The van der Waals surface area contributed by atoms with Crippen LogP contribution in [-0.2, 0) is 4.74 Å². The van der Waals surface area contributed by atoms with Gasteiger partial charge < -0.3 is 10.5 Å². The Kier molecular flexibility index (Phi) is 8.43. The van der Waals surface area contributed by atoms with E-state index in [0.717, 1.165) is 18.6 Å². The molecule has 1 rings (SSSR count). The van der Waals surface area contributed by atoms with E-state index in [1.807, 2.05) is 0 Å². The van der Waals surface area contributed by atoms with Gasteiger partial charge in [0.2, 0.25) is 0 Å². The van der Waals surface area contributed by atoms with Gasteiger partial charge in [-0.15, -0.1) is 0 Å². The van der Waals surface area contributed by atoms with Crippen LogP contribution < -0.4 is 5.73 Å². The average molecular weight is 267 g/mol. The maximum absolute atomic E-state index is 12.8. The number of ether oxygens (including phenoxy) is 1. The van der Waals surface area contributed by atoms with Gasteiger partial charge in [-0.25, -0.2) is 4.39 Å². The average Bonchev–Trinajstić information content (AvgIpc) is 2.43. The van der Waals surface area contributed by atoms with Crippen LogP contribution in [0.25, 0.3) is 0 Å². The molecule has 1 unspecified atom stereocenters. The second-order valence-electron chi connectivity index (χ2n) is 4.91. The first kappa shape index (κ1) is 16.1. The highest BCUT2D eigenvalue weighted by Gasteiger charge is 2.09. The molecule has 1 aromatic carbocycles. The summed E-state index contributed by atoms with van der Waals surface area (Å²) in [6.45, 7) is 3.38. The van der Waals surface area contributed by atoms with Crippen molar-refractivity contribution in [3.05, 3.63) is 35.6 Å². The zero-order valence-electron chi connectivity index (χ0n) is 11.9. The minimum Gasteiger partial charge on any atom is -0.372 e. The topological polar surface area (TPSA) is 35.2 Å². The molecule has 0 amide bonds. The summed E-state index contributed by atoms with van der Waals surface area (Å²) in [4.78, 5) is 0. The number of nitrogens with two attached hydrogens (primary N) is 1. The quantitative estimate of drug-likeness (QED) is 0.645. The van der Waals surface area contributed by atoms with Gasteiger partial charge in [-0.2, -0.15) is 0 Å². The van der Waals surface area contributed by atoms with E-state index in [-0.39, 0.29) is 11.9 Å². The fourth-order valence-electron chi connectivity index (χ4n) is 2.09. The second-order valence-corrected chi connectivity index (χ2v) is 4.91. The van der Waals surface area contributed by atoms with Crippen molar-refractivity contribution in [2.45, 2.75) is 51.6 Å². The number of unbranched alkanes of at least 4 members (excludes halogenated alkanes) is 5. The monoisotopic (exact) mass is 267 g/mol. The van der Waals surface area contributed by atoms with Gasteiger partial charge in [-0.05, 0) is 24.1 Å². The summed E-state index contributed by atoms with van der Waals surface area (Å²) in [5, 5.41) is 0. The summed E-state index contributed by atoms with van der Waals surface area (Å²) in [5.74, 6) is -0.226. The molecule has 0 bridgehead atoms. The number of halogens is 1. The van der Waals surface area contributed by atoms with Crippen molar-refractivity contribution in [2.75, 3.05) is 13.2 Å². The summed E-state index contributed by atoms with van der Waals surface area (Å²) in [6, 6.07) is 6.39. The van der Waals surface area contributed by atoms with E-state index in [0.29, 0.717) is 6.54 Å². The van der Waals surface area contributed by atoms with Crippen molar-refractivity contribution in [3.8, 4) is 0 Å². The summed E-state index contributed by atoms with van der Waals surface area (Å²) in [7, 11) is 0. The fourth-order valence-corrected chi connectivity index (χ4v) is 2.09. The predicted octanol–water partition coefficient (Wildman–Crippen LogP) is 4.20. The van der Waals surface area contributed by atoms with E-state index >= 15 is 0 Å². The SMILES string of the molecule is CCCCCCCCOC(CN)c1ccc(F)cc1. The third-order valence-corrected chi connectivity index (χ3v) is 3.27. The van der Waals surface area contributed by atoms with Gasteiger partial charge in [0.25, 0.3) is 0 Å². The van der Waals surface area contributed by atoms with Gasteiger partial charge in [0, 0.05) is 13.2 Å². The Bertz CT molecular complexity index is 326. The Hall–Kier alpha value is -0.930. The minimum absolute atomic E-state index is 0.115. The van der Waals surface area contributed by atoms with Gasteiger partial charge in [0.05, 0.1) is 6.10 Å². The van der Waals surface area contributed by atoms with Gasteiger partial charge in [-0.1, -0.05) is 51.2 Å². The molecule has 0 aliphatic rings. The van der Waals surface area contributed by atoms with Crippen LogP contribution in [0.2, 0.25) is 0 Å². The highest BCUT2D eigenvalue weighted by Crippen LogP contribution is 2.17. The predicted molar refractivity (Wildman–Crippen MR) is 77.5 cm³/mol. The van der Waals surface area contributed by atoms with E-state index in [1.165, 1.54) is 44.2 Å². The summed E-state index contributed by atoms with van der Waals surface area (Å²) >= 11 is 0. The number of rotatable bonds is 10. The standard InChI is InChI=1S/C16H26FNO/c1-2-3-4-5-6-7-12-19-16(13-18)14-8-10-15(17)11-9-14/h8-11,16H,2-7,12-13,18H2,1H3. The lowest BCUT2D eigenvalue weighted by molar-refractivity contribution is 0.0557. The first-order chi connectivity index (χ1) is 9.27. The molecule has 0 saturated carbocycles. The molecule has 108 valence electrons. The van der Waals surface area contributed by atoms with Crippen LogP contribution in [-0.4, -0.2) is 13.2 Å². The molecule has 0 heterocycles. The zero-order chi connectivity index (χ0) is 13.9. The normalized spacial score (nSPS) is 12.6. The maximum atomic E-state index is 12.8. The van der Waals surface area contributed by atoms with Gasteiger partial charge in [-0.3, -0.25) is 0 Å². The molecular formula is C16H26FNO. The molecule has 2 nitrogen and oxygen atoms in total. The van der Waals surface area contributed by atoms with Crippen molar-refractivity contribution in [1.82, 2.24) is 0 Å². The molecule has 1 aromatic rings. The molecule has 2 N–H and O–H groups in total. The fraction of sp³-hybridized carbons (Fsp3) is 0.625. The molecule has 0 fully saturated rings. The van der Waals surface area contributed by atoms with Crippen molar-refractivity contribution < 1.29 is 9.13 Å². The van der Waals surface area contributed by atoms with E-state index in [9.17, 15) is 4.39 Å². The highest BCUT2D eigenvalue weighted by atomic mass is 19.1. The van der Waals surface area contributed by atoms with Crippen LogP contribution in [0.1, 0.15) is 57.1 Å². The molecule has 0 aliphatic carbocycles. The molecule has 19 heavy (non-hydrogen) atoms. The number of hydrogen-bond acceptors (Lipinski definition) is 2.